The number of anilines is 1. The van der Waals surface area contributed by atoms with E-state index in [2.05, 4.69) is 14.9 Å². The molecule has 0 bridgehead atoms. The van der Waals surface area contributed by atoms with E-state index in [4.69, 9.17) is 17.3 Å². The second-order valence-corrected chi connectivity index (χ2v) is 3.91. The Morgan fingerprint density at radius 2 is 2.07 bits per heavy atom. The van der Waals surface area contributed by atoms with Gasteiger partial charge in [0, 0.05) is 6.54 Å². The van der Waals surface area contributed by atoms with Crippen molar-refractivity contribution in [3.63, 3.8) is 0 Å². The molecule has 5 heteroatoms. The Labute approximate surface area is 88.1 Å². The van der Waals surface area contributed by atoms with Crippen LogP contribution in [-0.4, -0.2) is 28.0 Å². The number of nitrogens with zero attached hydrogens (tertiary/aromatic N) is 3. The summed E-state index contributed by atoms with van der Waals surface area (Å²) < 4.78 is 0. The maximum atomic E-state index is 5.79. The lowest BCUT2D eigenvalue weighted by molar-refractivity contribution is 0.327. The first-order valence-corrected chi connectivity index (χ1v) is 5.13. The molecule has 1 saturated heterocycles. The fourth-order valence-electron chi connectivity index (χ4n) is 1.73. The van der Waals surface area contributed by atoms with Crippen molar-refractivity contribution in [2.75, 3.05) is 18.8 Å². The second kappa shape index (κ2) is 4.11. The standard InChI is InChI=1S/C9H13ClN4/c10-8-5-7(12-9(11)13-8)6-14-3-1-2-4-14/h5H,1-4,6H2,(H2,11,12,13). The lowest BCUT2D eigenvalue weighted by Gasteiger charge is -2.13. The number of rotatable bonds is 2. The Bertz CT molecular complexity index is 302. The van der Waals surface area contributed by atoms with Gasteiger partial charge < -0.3 is 5.73 Å². The lowest BCUT2D eigenvalue weighted by Crippen LogP contribution is -2.19. The summed E-state index contributed by atoms with van der Waals surface area (Å²) in [5.41, 5.74) is 6.42. The first-order chi connectivity index (χ1) is 6.74. The molecule has 0 amide bonds. The van der Waals surface area contributed by atoms with Gasteiger partial charge in [0.2, 0.25) is 5.95 Å². The van der Waals surface area contributed by atoms with Crippen molar-refractivity contribution in [3.05, 3.63) is 16.9 Å². The van der Waals surface area contributed by atoms with Crippen LogP contribution in [0.15, 0.2) is 6.07 Å². The maximum Gasteiger partial charge on any atom is 0.221 e. The highest BCUT2D eigenvalue weighted by molar-refractivity contribution is 6.29. The number of hydrogen-bond acceptors (Lipinski definition) is 4. The van der Waals surface area contributed by atoms with Gasteiger partial charge >= 0.3 is 0 Å². The van der Waals surface area contributed by atoms with Crippen molar-refractivity contribution in [2.24, 2.45) is 0 Å². The minimum absolute atomic E-state index is 0.256. The summed E-state index contributed by atoms with van der Waals surface area (Å²) in [6.07, 6.45) is 2.54. The van der Waals surface area contributed by atoms with Crippen LogP contribution >= 0.6 is 11.6 Å². The van der Waals surface area contributed by atoms with Gasteiger partial charge in [-0.3, -0.25) is 4.90 Å². The van der Waals surface area contributed by atoms with E-state index in [1.165, 1.54) is 12.8 Å². The van der Waals surface area contributed by atoms with E-state index in [9.17, 15) is 0 Å². The van der Waals surface area contributed by atoms with E-state index in [-0.39, 0.29) is 5.95 Å². The lowest BCUT2D eigenvalue weighted by atomic mass is 10.4. The van der Waals surface area contributed by atoms with Gasteiger partial charge in [0.05, 0.1) is 5.69 Å². The summed E-state index contributed by atoms with van der Waals surface area (Å²) in [6, 6.07) is 1.77. The van der Waals surface area contributed by atoms with Crippen LogP contribution in [0.25, 0.3) is 0 Å². The minimum atomic E-state index is 0.256. The summed E-state index contributed by atoms with van der Waals surface area (Å²) >= 11 is 5.79. The van der Waals surface area contributed by atoms with E-state index in [0.717, 1.165) is 25.3 Å². The SMILES string of the molecule is Nc1nc(Cl)cc(CN2CCCC2)n1. The van der Waals surface area contributed by atoms with Crippen LogP contribution < -0.4 is 5.73 Å². The number of halogens is 1. The number of nitrogens with two attached hydrogens (primary N) is 1. The third-order valence-electron chi connectivity index (χ3n) is 2.35. The largest absolute Gasteiger partial charge is 0.368 e. The van der Waals surface area contributed by atoms with Crippen molar-refractivity contribution < 1.29 is 0 Å². The van der Waals surface area contributed by atoms with E-state index >= 15 is 0 Å². The average molecular weight is 213 g/mol. The highest BCUT2D eigenvalue weighted by atomic mass is 35.5. The molecule has 4 nitrogen and oxygen atoms in total. The quantitative estimate of drug-likeness (QED) is 0.752. The van der Waals surface area contributed by atoms with Crippen LogP contribution in [0, 0.1) is 0 Å². The Morgan fingerprint density at radius 3 is 2.71 bits per heavy atom. The molecule has 0 aromatic carbocycles. The molecule has 0 unspecified atom stereocenters. The van der Waals surface area contributed by atoms with E-state index < -0.39 is 0 Å². The van der Waals surface area contributed by atoms with Crippen LogP contribution in [0.3, 0.4) is 0 Å². The highest BCUT2D eigenvalue weighted by Crippen LogP contribution is 2.14. The van der Waals surface area contributed by atoms with Crippen LogP contribution in [0.4, 0.5) is 5.95 Å². The summed E-state index contributed by atoms with van der Waals surface area (Å²) in [4.78, 5) is 10.3. The molecule has 14 heavy (non-hydrogen) atoms. The van der Waals surface area contributed by atoms with Crippen molar-refractivity contribution in [1.82, 2.24) is 14.9 Å². The molecular weight excluding hydrogens is 200 g/mol. The highest BCUT2D eigenvalue weighted by Gasteiger charge is 2.12. The van der Waals surface area contributed by atoms with E-state index in [1.54, 1.807) is 6.07 Å². The topological polar surface area (TPSA) is 55.0 Å². The molecule has 1 aromatic rings. The molecular formula is C9H13ClN4. The van der Waals surface area contributed by atoms with E-state index in [0.29, 0.717) is 5.15 Å². The fourth-order valence-corrected chi connectivity index (χ4v) is 1.95. The molecule has 76 valence electrons. The fraction of sp³-hybridized carbons (Fsp3) is 0.556. The molecule has 1 aliphatic heterocycles. The molecule has 0 aliphatic carbocycles. The number of nitrogen functional groups attached to an aromatic ring is 1. The summed E-state index contributed by atoms with van der Waals surface area (Å²) in [5, 5.41) is 0.423. The molecule has 1 aromatic heterocycles. The van der Waals surface area contributed by atoms with Gasteiger partial charge in [-0.2, -0.15) is 0 Å². The van der Waals surface area contributed by atoms with Crippen molar-refractivity contribution in [2.45, 2.75) is 19.4 Å². The van der Waals surface area contributed by atoms with Crippen LogP contribution in [0.1, 0.15) is 18.5 Å². The van der Waals surface area contributed by atoms with Gasteiger partial charge in [-0.1, -0.05) is 11.6 Å². The van der Waals surface area contributed by atoms with Crippen molar-refractivity contribution in [1.29, 1.82) is 0 Å². The molecule has 0 radical (unpaired) electrons. The number of likely N-dealkylation sites (tertiary alicyclic amines) is 1. The molecule has 1 fully saturated rings. The second-order valence-electron chi connectivity index (χ2n) is 3.52. The van der Waals surface area contributed by atoms with Gasteiger partial charge in [0.15, 0.2) is 0 Å². The molecule has 2 N–H and O–H groups in total. The zero-order valence-electron chi connectivity index (χ0n) is 7.91. The normalized spacial score (nSPS) is 17.5. The van der Waals surface area contributed by atoms with Crippen LogP contribution in [0.5, 0.6) is 0 Å². The molecule has 0 saturated carbocycles. The summed E-state index contributed by atoms with van der Waals surface area (Å²) in [5.74, 6) is 0.256. The molecule has 2 heterocycles. The Balaban J connectivity index is 2.07. The summed E-state index contributed by atoms with van der Waals surface area (Å²) in [7, 11) is 0. The molecule has 0 atom stereocenters. The average Bonchev–Trinajstić information content (AvgIpc) is 2.54. The third kappa shape index (κ3) is 2.33. The Hall–Kier alpha value is -0.870. The third-order valence-corrected chi connectivity index (χ3v) is 2.54. The van der Waals surface area contributed by atoms with Gasteiger partial charge in [0.1, 0.15) is 5.15 Å². The number of hydrogen-bond donors (Lipinski definition) is 1. The predicted molar refractivity (Wildman–Crippen MR) is 56.0 cm³/mol. The first-order valence-electron chi connectivity index (χ1n) is 4.75. The maximum absolute atomic E-state index is 5.79. The van der Waals surface area contributed by atoms with Gasteiger partial charge in [-0.05, 0) is 32.0 Å². The van der Waals surface area contributed by atoms with E-state index in [1.807, 2.05) is 0 Å². The monoisotopic (exact) mass is 212 g/mol. The molecule has 0 spiro atoms. The van der Waals surface area contributed by atoms with Crippen molar-refractivity contribution in [3.8, 4) is 0 Å². The van der Waals surface area contributed by atoms with Crippen LogP contribution in [0.2, 0.25) is 5.15 Å². The van der Waals surface area contributed by atoms with Crippen molar-refractivity contribution >= 4 is 17.5 Å². The zero-order chi connectivity index (χ0) is 9.97. The van der Waals surface area contributed by atoms with Gasteiger partial charge in [-0.25, -0.2) is 9.97 Å². The molecule has 2 rings (SSSR count). The first kappa shape index (κ1) is 9.68. The minimum Gasteiger partial charge on any atom is -0.368 e. The van der Waals surface area contributed by atoms with Crippen LogP contribution in [-0.2, 0) is 6.54 Å². The Kier molecular flexibility index (Phi) is 2.84. The van der Waals surface area contributed by atoms with Gasteiger partial charge in [0.25, 0.3) is 0 Å². The number of aromatic nitrogens is 2. The zero-order valence-corrected chi connectivity index (χ0v) is 8.67. The Morgan fingerprint density at radius 1 is 1.36 bits per heavy atom. The van der Waals surface area contributed by atoms with Gasteiger partial charge in [-0.15, -0.1) is 0 Å². The molecule has 1 aliphatic rings. The smallest absolute Gasteiger partial charge is 0.221 e. The predicted octanol–water partition coefficient (Wildman–Crippen LogP) is 1.31. The summed E-state index contributed by atoms with van der Waals surface area (Å²) in [6.45, 7) is 3.11.